The predicted octanol–water partition coefficient (Wildman–Crippen LogP) is 0.599. The molecular weight excluding hydrogens is 142 g/mol. The molecule has 0 atom stereocenters. The minimum absolute atomic E-state index is 0.384. The molecule has 0 N–H and O–H groups in total. The van der Waals surface area contributed by atoms with Crippen molar-refractivity contribution in [3.8, 4) is 0 Å². The van der Waals surface area contributed by atoms with E-state index >= 15 is 0 Å². The Labute approximate surface area is 69.3 Å². The van der Waals surface area contributed by atoms with Crippen molar-refractivity contribution in [3.63, 3.8) is 0 Å². The van der Waals surface area contributed by atoms with E-state index in [0.717, 1.165) is 19.8 Å². The van der Waals surface area contributed by atoms with Crippen molar-refractivity contribution in [1.82, 2.24) is 4.90 Å². The van der Waals surface area contributed by atoms with Gasteiger partial charge in [-0.15, -0.1) is 0 Å². The van der Waals surface area contributed by atoms with Crippen LogP contribution >= 0.6 is 0 Å². The molecule has 0 saturated carbocycles. The van der Waals surface area contributed by atoms with Gasteiger partial charge < -0.3 is 9.47 Å². The zero-order valence-electron chi connectivity index (χ0n) is 7.96. The lowest BCUT2D eigenvalue weighted by molar-refractivity contribution is 0.0504. The number of hydrogen-bond donors (Lipinski definition) is 0. The zero-order valence-corrected chi connectivity index (χ0v) is 7.96. The van der Waals surface area contributed by atoms with Gasteiger partial charge in [0.1, 0.15) is 0 Å². The van der Waals surface area contributed by atoms with Crippen LogP contribution in [-0.2, 0) is 9.47 Å². The highest BCUT2D eigenvalue weighted by atomic mass is 16.5. The van der Waals surface area contributed by atoms with Gasteiger partial charge in [-0.1, -0.05) is 6.92 Å². The Kier molecular flexibility index (Phi) is 6.51. The topological polar surface area (TPSA) is 21.7 Å². The van der Waals surface area contributed by atoms with Gasteiger partial charge >= 0.3 is 0 Å². The van der Waals surface area contributed by atoms with Crippen molar-refractivity contribution in [3.05, 3.63) is 0 Å². The second-order valence-electron chi connectivity index (χ2n) is 2.64. The molecule has 3 nitrogen and oxygen atoms in total. The molecule has 0 aliphatic carbocycles. The highest BCUT2D eigenvalue weighted by Crippen LogP contribution is 1.96. The summed E-state index contributed by atoms with van der Waals surface area (Å²) in [7, 11) is 5.50. The molecule has 0 aromatic carbocycles. The SMILES string of the molecule is CCN(C)C(COC)COC. The summed E-state index contributed by atoms with van der Waals surface area (Å²) in [5.74, 6) is 0. The first kappa shape index (κ1) is 10.9. The van der Waals surface area contributed by atoms with E-state index in [0.29, 0.717) is 6.04 Å². The van der Waals surface area contributed by atoms with Crippen LogP contribution in [0.4, 0.5) is 0 Å². The highest BCUT2D eigenvalue weighted by molar-refractivity contribution is 4.65. The molecule has 0 aromatic rings. The molecule has 0 aliphatic rings. The maximum absolute atomic E-state index is 5.06. The fourth-order valence-corrected chi connectivity index (χ4v) is 0.946. The van der Waals surface area contributed by atoms with Crippen LogP contribution in [0.25, 0.3) is 0 Å². The first-order valence-electron chi connectivity index (χ1n) is 3.94. The molecule has 0 amide bonds. The smallest absolute Gasteiger partial charge is 0.0640 e. The van der Waals surface area contributed by atoms with Gasteiger partial charge in [0.25, 0.3) is 0 Å². The standard InChI is InChI=1S/C8H19NO2/c1-5-9(2)8(6-10-3)7-11-4/h8H,5-7H2,1-4H3. The first-order valence-corrected chi connectivity index (χ1v) is 3.94. The zero-order chi connectivity index (χ0) is 8.69. The molecule has 0 fully saturated rings. The van der Waals surface area contributed by atoms with Crippen molar-refractivity contribution in [2.75, 3.05) is 41.0 Å². The minimum atomic E-state index is 0.384. The summed E-state index contributed by atoms with van der Waals surface area (Å²) in [6, 6.07) is 0.384. The van der Waals surface area contributed by atoms with E-state index in [1.165, 1.54) is 0 Å². The molecule has 3 heteroatoms. The van der Waals surface area contributed by atoms with Crippen molar-refractivity contribution in [1.29, 1.82) is 0 Å². The Bertz CT molecular complexity index is 82.2. The average Bonchev–Trinajstić information content (AvgIpc) is 2.03. The fourth-order valence-electron chi connectivity index (χ4n) is 0.946. The number of nitrogens with zero attached hydrogens (tertiary/aromatic N) is 1. The largest absolute Gasteiger partial charge is 0.383 e. The van der Waals surface area contributed by atoms with E-state index in [2.05, 4.69) is 18.9 Å². The van der Waals surface area contributed by atoms with Crippen molar-refractivity contribution in [2.24, 2.45) is 0 Å². The second kappa shape index (κ2) is 6.58. The van der Waals surface area contributed by atoms with Gasteiger partial charge in [0.15, 0.2) is 0 Å². The van der Waals surface area contributed by atoms with Crippen molar-refractivity contribution >= 4 is 0 Å². The molecular formula is C8H19NO2. The quantitative estimate of drug-likeness (QED) is 0.569. The van der Waals surface area contributed by atoms with E-state index in [1.54, 1.807) is 14.2 Å². The summed E-state index contributed by atoms with van der Waals surface area (Å²) in [6.45, 7) is 4.62. The molecule has 0 spiro atoms. The first-order chi connectivity index (χ1) is 5.26. The number of methoxy groups -OCH3 is 2. The van der Waals surface area contributed by atoms with Crippen LogP contribution in [0.15, 0.2) is 0 Å². The summed E-state index contributed by atoms with van der Waals surface area (Å²) < 4.78 is 10.1. The summed E-state index contributed by atoms with van der Waals surface area (Å²) in [5.41, 5.74) is 0. The maximum atomic E-state index is 5.06. The van der Waals surface area contributed by atoms with Crippen LogP contribution in [0.3, 0.4) is 0 Å². The van der Waals surface area contributed by atoms with Crippen LogP contribution in [0.1, 0.15) is 6.92 Å². The molecule has 0 aromatic heterocycles. The molecule has 0 aliphatic heterocycles. The molecule has 0 saturated heterocycles. The lowest BCUT2D eigenvalue weighted by Crippen LogP contribution is -2.38. The number of likely N-dealkylation sites (N-methyl/N-ethyl adjacent to an activating group) is 1. The van der Waals surface area contributed by atoms with Gasteiger partial charge in [0.2, 0.25) is 0 Å². The van der Waals surface area contributed by atoms with E-state index < -0.39 is 0 Å². The molecule has 68 valence electrons. The van der Waals surface area contributed by atoms with Gasteiger partial charge in [-0.3, -0.25) is 4.90 Å². The third kappa shape index (κ3) is 4.35. The average molecular weight is 161 g/mol. The Morgan fingerprint density at radius 3 is 1.91 bits per heavy atom. The van der Waals surface area contributed by atoms with E-state index in [9.17, 15) is 0 Å². The Hall–Kier alpha value is -0.120. The molecule has 0 unspecified atom stereocenters. The lowest BCUT2D eigenvalue weighted by Gasteiger charge is -2.25. The second-order valence-corrected chi connectivity index (χ2v) is 2.64. The normalized spacial score (nSPS) is 11.5. The van der Waals surface area contributed by atoms with Crippen LogP contribution < -0.4 is 0 Å². The number of rotatable bonds is 6. The van der Waals surface area contributed by atoms with Gasteiger partial charge in [0.05, 0.1) is 19.3 Å². The van der Waals surface area contributed by atoms with E-state index in [4.69, 9.17) is 9.47 Å². The third-order valence-electron chi connectivity index (χ3n) is 1.84. The van der Waals surface area contributed by atoms with Crippen LogP contribution in [0.5, 0.6) is 0 Å². The maximum Gasteiger partial charge on any atom is 0.0640 e. The van der Waals surface area contributed by atoms with Gasteiger partial charge in [0, 0.05) is 14.2 Å². The molecule has 11 heavy (non-hydrogen) atoms. The summed E-state index contributed by atoms with van der Waals surface area (Å²) >= 11 is 0. The fraction of sp³-hybridized carbons (Fsp3) is 1.00. The molecule has 0 radical (unpaired) electrons. The van der Waals surface area contributed by atoms with Crippen LogP contribution in [0.2, 0.25) is 0 Å². The number of hydrogen-bond acceptors (Lipinski definition) is 3. The predicted molar refractivity (Wildman–Crippen MR) is 45.8 cm³/mol. The van der Waals surface area contributed by atoms with Crippen LogP contribution in [0, 0.1) is 0 Å². The van der Waals surface area contributed by atoms with E-state index in [1.807, 2.05) is 0 Å². The lowest BCUT2D eigenvalue weighted by atomic mass is 10.3. The third-order valence-corrected chi connectivity index (χ3v) is 1.84. The molecule has 0 bridgehead atoms. The Morgan fingerprint density at radius 2 is 1.64 bits per heavy atom. The summed E-state index contributed by atoms with van der Waals surface area (Å²) in [6.07, 6.45) is 0. The Balaban J connectivity index is 3.66. The number of ether oxygens (including phenoxy) is 2. The van der Waals surface area contributed by atoms with Gasteiger partial charge in [-0.05, 0) is 13.6 Å². The van der Waals surface area contributed by atoms with E-state index in [-0.39, 0.29) is 0 Å². The molecule has 0 rings (SSSR count). The van der Waals surface area contributed by atoms with Gasteiger partial charge in [-0.25, -0.2) is 0 Å². The summed E-state index contributed by atoms with van der Waals surface area (Å²) in [4.78, 5) is 2.22. The summed E-state index contributed by atoms with van der Waals surface area (Å²) in [5, 5.41) is 0. The highest BCUT2D eigenvalue weighted by Gasteiger charge is 2.11. The minimum Gasteiger partial charge on any atom is -0.383 e. The van der Waals surface area contributed by atoms with Crippen molar-refractivity contribution in [2.45, 2.75) is 13.0 Å². The van der Waals surface area contributed by atoms with Gasteiger partial charge in [-0.2, -0.15) is 0 Å². The van der Waals surface area contributed by atoms with Crippen molar-refractivity contribution < 1.29 is 9.47 Å². The monoisotopic (exact) mass is 161 g/mol. The molecule has 0 heterocycles. The van der Waals surface area contributed by atoms with Crippen LogP contribution in [-0.4, -0.2) is 52.0 Å². The Morgan fingerprint density at radius 1 is 1.18 bits per heavy atom.